The first-order valence-corrected chi connectivity index (χ1v) is 15.7. The van der Waals surface area contributed by atoms with Crippen molar-refractivity contribution in [3.05, 3.63) is 119 Å². The molecule has 0 radical (unpaired) electrons. The van der Waals surface area contributed by atoms with Crippen LogP contribution in [0.3, 0.4) is 0 Å². The number of hydrogen-bond donors (Lipinski definition) is 2. The minimum atomic E-state index is -1.05. The van der Waals surface area contributed by atoms with Crippen LogP contribution in [0.15, 0.2) is 91.4 Å². The summed E-state index contributed by atoms with van der Waals surface area (Å²) in [5.74, 6) is 3.11. The molecule has 2 fully saturated rings. The second-order valence-electron chi connectivity index (χ2n) is 12.2. The van der Waals surface area contributed by atoms with Crippen LogP contribution in [0.1, 0.15) is 60.1 Å². The van der Waals surface area contributed by atoms with E-state index in [9.17, 15) is 15.0 Å². The van der Waals surface area contributed by atoms with Crippen molar-refractivity contribution in [2.45, 2.75) is 63.1 Å². The van der Waals surface area contributed by atoms with Crippen molar-refractivity contribution < 1.29 is 29.2 Å². The molecule has 7 rings (SSSR count). The third-order valence-corrected chi connectivity index (χ3v) is 8.78. The van der Waals surface area contributed by atoms with Crippen LogP contribution in [-0.4, -0.2) is 60.9 Å². The molecular formula is C37H32ClN3O6. The van der Waals surface area contributed by atoms with E-state index in [1.807, 2.05) is 85.3 Å². The molecule has 0 amide bonds. The van der Waals surface area contributed by atoms with Gasteiger partial charge in [0.05, 0.1) is 10.9 Å². The molecule has 4 heterocycles. The number of aromatic carboxylic acids is 1. The highest BCUT2D eigenvalue weighted by atomic mass is 35.5. The standard InChI is InChI=1S/C37H32ClN3O6/c1-21(42)9-16-29-27-17-18-41(34(27)40-20-39-29)35-33-32(46-37(2,3)47-33)31(45-35)30(23-10-13-25(38)14-11-23)28-19-24(12-15-26(28)36(43)44)22-7-5-4-6-8-22/h4-8,10-15,17-21,30-33,35,42H,1-3H3,(H,43,44)/t21?,30-,31-,32-,33-,35-/m1/s1. The summed E-state index contributed by atoms with van der Waals surface area (Å²) in [5.41, 5.74) is 4.44. The van der Waals surface area contributed by atoms with Gasteiger partial charge in [-0.3, -0.25) is 0 Å². The molecule has 2 aliphatic heterocycles. The summed E-state index contributed by atoms with van der Waals surface area (Å²) in [6, 6.07) is 24.4. The molecular weight excluding hydrogens is 618 g/mol. The van der Waals surface area contributed by atoms with Gasteiger partial charge in [-0.05, 0) is 79.3 Å². The van der Waals surface area contributed by atoms with Crippen LogP contribution < -0.4 is 0 Å². The monoisotopic (exact) mass is 649 g/mol. The first-order valence-electron chi connectivity index (χ1n) is 15.3. The Morgan fingerprint density at radius 1 is 0.979 bits per heavy atom. The van der Waals surface area contributed by atoms with Gasteiger partial charge in [0.15, 0.2) is 12.0 Å². The number of halogens is 1. The Bertz CT molecular complexity index is 2020. The van der Waals surface area contributed by atoms with E-state index in [0.717, 1.165) is 16.7 Å². The number of carbonyl (C=O) groups is 1. The molecule has 2 aromatic heterocycles. The molecule has 0 saturated carbocycles. The minimum Gasteiger partial charge on any atom is -0.478 e. The summed E-state index contributed by atoms with van der Waals surface area (Å²) in [7, 11) is 0. The third kappa shape index (κ3) is 5.91. The zero-order valence-electron chi connectivity index (χ0n) is 25.9. The van der Waals surface area contributed by atoms with Crippen LogP contribution in [-0.2, 0) is 14.2 Å². The van der Waals surface area contributed by atoms with E-state index >= 15 is 0 Å². The lowest BCUT2D eigenvalue weighted by molar-refractivity contribution is -0.197. The fourth-order valence-corrected chi connectivity index (χ4v) is 6.72. The topological polar surface area (TPSA) is 116 Å². The lowest BCUT2D eigenvalue weighted by Crippen LogP contribution is -2.35. The van der Waals surface area contributed by atoms with Gasteiger partial charge in [0.25, 0.3) is 0 Å². The molecule has 0 aliphatic carbocycles. The Balaban J connectivity index is 1.39. The van der Waals surface area contributed by atoms with Crippen molar-refractivity contribution in [2.75, 3.05) is 0 Å². The second kappa shape index (κ2) is 12.2. The van der Waals surface area contributed by atoms with Crippen LogP contribution in [0.4, 0.5) is 0 Å². The summed E-state index contributed by atoms with van der Waals surface area (Å²) in [6.45, 7) is 5.30. The molecule has 2 aliphatic rings. The summed E-state index contributed by atoms with van der Waals surface area (Å²) in [4.78, 5) is 21.6. The Labute approximate surface area is 276 Å². The normalized spacial score (nSPS) is 22.7. The first-order chi connectivity index (χ1) is 22.6. The van der Waals surface area contributed by atoms with Crippen LogP contribution in [0.25, 0.3) is 22.2 Å². The number of aliphatic hydroxyl groups is 1. The van der Waals surface area contributed by atoms with Gasteiger partial charge < -0.3 is 29.0 Å². The van der Waals surface area contributed by atoms with Crippen molar-refractivity contribution in [3.8, 4) is 23.0 Å². The average molecular weight is 650 g/mol. The molecule has 9 nitrogen and oxygen atoms in total. The number of nitrogens with zero attached hydrogens (tertiary/aromatic N) is 3. The number of carboxylic acids is 1. The van der Waals surface area contributed by atoms with Crippen molar-refractivity contribution in [3.63, 3.8) is 0 Å². The maximum Gasteiger partial charge on any atom is 0.335 e. The summed E-state index contributed by atoms with van der Waals surface area (Å²) < 4.78 is 21.9. The van der Waals surface area contributed by atoms with Crippen LogP contribution in [0.2, 0.25) is 5.02 Å². The lowest BCUT2D eigenvalue weighted by Gasteiger charge is -2.31. The maximum absolute atomic E-state index is 12.8. The van der Waals surface area contributed by atoms with Crippen LogP contribution in [0, 0.1) is 11.8 Å². The molecule has 0 bridgehead atoms. The highest BCUT2D eigenvalue weighted by Gasteiger charge is 2.58. The van der Waals surface area contributed by atoms with Gasteiger partial charge in [0.1, 0.15) is 42.1 Å². The second-order valence-corrected chi connectivity index (χ2v) is 12.6. The number of carboxylic acid groups (broad SMARTS) is 1. The Morgan fingerprint density at radius 2 is 1.72 bits per heavy atom. The zero-order chi connectivity index (χ0) is 32.9. The molecule has 47 heavy (non-hydrogen) atoms. The number of fused-ring (bicyclic) bond motifs is 2. The summed E-state index contributed by atoms with van der Waals surface area (Å²) >= 11 is 6.33. The highest BCUT2D eigenvalue weighted by molar-refractivity contribution is 6.30. The van der Waals surface area contributed by atoms with E-state index in [4.69, 9.17) is 25.8 Å². The summed E-state index contributed by atoms with van der Waals surface area (Å²) in [5, 5.41) is 21.4. The van der Waals surface area contributed by atoms with E-state index in [1.54, 1.807) is 25.1 Å². The molecule has 2 N–H and O–H groups in total. The van der Waals surface area contributed by atoms with Crippen LogP contribution >= 0.6 is 11.6 Å². The maximum atomic E-state index is 12.8. The SMILES string of the molecule is CC(O)C#Cc1ncnc2c1ccn2[C@@H]1O[C@H]([C@H](c2ccc(Cl)cc2)c2cc(-c3ccccc3)ccc2C(=O)O)[C@H]2OC(C)(C)O[C@H]21. The average Bonchev–Trinajstić information content (AvgIpc) is 3.72. The van der Waals surface area contributed by atoms with Crippen molar-refractivity contribution in [1.29, 1.82) is 0 Å². The first kappa shape index (κ1) is 31.1. The van der Waals surface area contributed by atoms with Crippen molar-refractivity contribution in [1.82, 2.24) is 14.5 Å². The highest BCUT2D eigenvalue weighted by Crippen LogP contribution is 2.50. The molecule has 6 atom stereocenters. The van der Waals surface area contributed by atoms with Gasteiger partial charge in [-0.2, -0.15) is 0 Å². The molecule has 5 aromatic rings. The van der Waals surface area contributed by atoms with Gasteiger partial charge in [-0.25, -0.2) is 14.8 Å². The van der Waals surface area contributed by atoms with Crippen molar-refractivity contribution >= 4 is 28.6 Å². The predicted molar refractivity (Wildman–Crippen MR) is 176 cm³/mol. The Kier molecular flexibility index (Phi) is 8.08. The molecule has 0 spiro atoms. The number of ether oxygens (including phenoxy) is 3. The number of benzene rings is 3. The third-order valence-electron chi connectivity index (χ3n) is 8.53. The van der Waals surface area contributed by atoms with E-state index in [-0.39, 0.29) is 5.56 Å². The van der Waals surface area contributed by atoms with Gasteiger partial charge in [-0.1, -0.05) is 66.1 Å². The van der Waals surface area contributed by atoms with E-state index < -0.39 is 48.3 Å². The fourth-order valence-electron chi connectivity index (χ4n) is 6.59. The van der Waals surface area contributed by atoms with Gasteiger partial charge >= 0.3 is 5.97 Å². The van der Waals surface area contributed by atoms with E-state index in [2.05, 4.69) is 21.8 Å². The number of aliphatic hydroxyl groups excluding tert-OH is 1. The number of aromatic nitrogens is 3. The van der Waals surface area contributed by atoms with Crippen LogP contribution in [0.5, 0.6) is 0 Å². The fraction of sp³-hybridized carbons (Fsp3) is 0.270. The molecule has 2 saturated heterocycles. The van der Waals surface area contributed by atoms with Gasteiger partial charge in [0, 0.05) is 17.1 Å². The van der Waals surface area contributed by atoms with E-state index in [1.165, 1.54) is 6.33 Å². The zero-order valence-corrected chi connectivity index (χ0v) is 26.6. The van der Waals surface area contributed by atoms with E-state index in [0.29, 0.717) is 27.3 Å². The largest absolute Gasteiger partial charge is 0.478 e. The molecule has 3 aromatic carbocycles. The number of hydrogen-bond acceptors (Lipinski definition) is 7. The minimum absolute atomic E-state index is 0.159. The lowest BCUT2D eigenvalue weighted by atomic mass is 9.80. The molecule has 1 unspecified atom stereocenters. The smallest absolute Gasteiger partial charge is 0.335 e. The predicted octanol–water partition coefficient (Wildman–Crippen LogP) is 6.43. The summed E-state index contributed by atoms with van der Waals surface area (Å²) in [6.07, 6.45) is -0.0339. The Hall–Kier alpha value is -4.56. The van der Waals surface area contributed by atoms with Crippen molar-refractivity contribution in [2.24, 2.45) is 0 Å². The molecule has 10 heteroatoms. The quantitative estimate of drug-likeness (QED) is 0.202. The van der Waals surface area contributed by atoms with Gasteiger partial charge in [0.2, 0.25) is 0 Å². The number of rotatable bonds is 6. The van der Waals surface area contributed by atoms with Gasteiger partial charge in [-0.15, -0.1) is 0 Å². The molecule has 238 valence electrons. The Morgan fingerprint density at radius 3 is 2.45 bits per heavy atom.